The summed E-state index contributed by atoms with van der Waals surface area (Å²) in [5, 5.41) is 0. The lowest BCUT2D eigenvalue weighted by atomic mass is 10.2. The summed E-state index contributed by atoms with van der Waals surface area (Å²) in [5.74, 6) is 1.15. The van der Waals surface area contributed by atoms with Gasteiger partial charge in [0.15, 0.2) is 12.6 Å². The van der Waals surface area contributed by atoms with Crippen molar-refractivity contribution in [2.75, 3.05) is 26.4 Å². The molecule has 2 fully saturated rings. The van der Waals surface area contributed by atoms with Crippen molar-refractivity contribution >= 4 is 0 Å². The number of ether oxygens (including phenoxy) is 4. The topological polar surface area (TPSA) is 36.9 Å². The molecule has 2 heterocycles. The van der Waals surface area contributed by atoms with Gasteiger partial charge in [-0.05, 0) is 13.8 Å². The van der Waals surface area contributed by atoms with Gasteiger partial charge in [-0.15, -0.1) is 0 Å². The van der Waals surface area contributed by atoms with Gasteiger partial charge in [0.05, 0.1) is 26.4 Å². The van der Waals surface area contributed by atoms with Gasteiger partial charge in [0.2, 0.25) is 0 Å². The Balaban J connectivity index is 0.000000160. The zero-order chi connectivity index (χ0) is 12.0. The summed E-state index contributed by atoms with van der Waals surface area (Å²) >= 11 is 0. The summed E-state index contributed by atoms with van der Waals surface area (Å²) in [6, 6.07) is 0. The molecule has 2 rings (SSSR count). The fraction of sp³-hybridized carbons (Fsp3) is 1.00. The van der Waals surface area contributed by atoms with E-state index in [9.17, 15) is 0 Å². The first-order chi connectivity index (χ1) is 7.58. The molecule has 0 aromatic rings. The Morgan fingerprint density at radius 1 is 0.562 bits per heavy atom. The number of rotatable bonds is 0. The van der Waals surface area contributed by atoms with Gasteiger partial charge >= 0.3 is 0 Å². The third-order valence-corrected chi connectivity index (χ3v) is 2.46. The minimum Gasteiger partial charge on any atom is -0.353 e. The highest BCUT2D eigenvalue weighted by Crippen LogP contribution is 2.09. The van der Waals surface area contributed by atoms with Crippen LogP contribution in [0.4, 0.5) is 0 Å². The van der Waals surface area contributed by atoms with Crippen molar-refractivity contribution in [2.24, 2.45) is 11.8 Å². The highest BCUT2D eigenvalue weighted by atomic mass is 16.7. The summed E-state index contributed by atoms with van der Waals surface area (Å²) in [4.78, 5) is 0. The second kappa shape index (κ2) is 7.22. The van der Waals surface area contributed by atoms with Crippen LogP contribution in [0.5, 0.6) is 0 Å². The van der Waals surface area contributed by atoms with Crippen molar-refractivity contribution in [3.63, 3.8) is 0 Å². The Morgan fingerprint density at radius 3 is 1.00 bits per heavy atom. The summed E-state index contributed by atoms with van der Waals surface area (Å²) in [6.07, 6.45) is 0.0393. The zero-order valence-electron chi connectivity index (χ0n) is 10.8. The Bertz CT molecular complexity index is 130. The van der Waals surface area contributed by atoms with Crippen molar-refractivity contribution in [3.05, 3.63) is 0 Å². The molecular weight excluding hydrogens is 208 g/mol. The van der Waals surface area contributed by atoms with Crippen LogP contribution >= 0.6 is 0 Å². The maximum atomic E-state index is 5.17. The Hall–Kier alpha value is -0.160. The van der Waals surface area contributed by atoms with Crippen LogP contribution in [0, 0.1) is 11.8 Å². The Morgan fingerprint density at radius 2 is 0.812 bits per heavy atom. The molecule has 0 aromatic carbocycles. The third kappa shape index (κ3) is 5.80. The summed E-state index contributed by atoms with van der Waals surface area (Å²) in [6.45, 7) is 11.5. The summed E-state index contributed by atoms with van der Waals surface area (Å²) in [5.41, 5.74) is 0. The smallest absolute Gasteiger partial charge is 0.154 e. The third-order valence-electron chi connectivity index (χ3n) is 2.46. The fourth-order valence-corrected chi connectivity index (χ4v) is 1.39. The molecule has 4 nitrogen and oxygen atoms in total. The SMILES string of the molecule is CC1COC(C)OC1.CC1COC(C)OC1. The molecule has 2 aliphatic rings. The number of hydrogen-bond acceptors (Lipinski definition) is 4. The quantitative estimate of drug-likeness (QED) is 0.640. The van der Waals surface area contributed by atoms with Crippen LogP contribution in [0.1, 0.15) is 27.7 Å². The van der Waals surface area contributed by atoms with Crippen LogP contribution in [-0.4, -0.2) is 39.0 Å². The van der Waals surface area contributed by atoms with Crippen LogP contribution < -0.4 is 0 Å². The van der Waals surface area contributed by atoms with E-state index in [-0.39, 0.29) is 12.6 Å². The normalized spacial score (nSPS) is 39.8. The molecule has 4 heteroatoms. The molecule has 0 unspecified atom stereocenters. The average molecular weight is 232 g/mol. The monoisotopic (exact) mass is 232 g/mol. The van der Waals surface area contributed by atoms with Crippen molar-refractivity contribution in [1.82, 2.24) is 0 Å². The largest absolute Gasteiger partial charge is 0.353 e. The first kappa shape index (κ1) is 13.9. The number of hydrogen-bond donors (Lipinski definition) is 0. The van der Waals surface area contributed by atoms with E-state index in [0.717, 1.165) is 26.4 Å². The van der Waals surface area contributed by atoms with Gasteiger partial charge in [0.1, 0.15) is 0 Å². The van der Waals surface area contributed by atoms with Crippen LogP contribution in [0.2, 0.25) is 0 Å². The maximum Gasteiger partial charge on any atom is 0.154 e. The van der Waals surface area contributed by atoms with Crippen LogP contribution in [0.15, 0.2) is 0 Å². The van der Waals surface area contributed by atoms with E-state index in [1.54, 1.807) is 0 Å². The van der Waals surface area contributed by atoms with Crippen molar-refractivity contribution < 1.29 is 18.9 Å². The van der Waals surface area contributed by atoms with Crippen LogP contribution in [0.25, 0.3) is 0 Å². The lowest BCUT2D eigenvalue weighted by Gasteiger charge is -2.24. The molecule has 0 saturated carbocycles. The summed E-state index contributed by atoms with van der Waals surface area (Å²) in [7, 11) is 0. The molecule has 2 aliphatic heterocycles. The molecule has 0 amide bonds. The Kier molecular flexibility index (Phi) is 6.28. The van der Waals surface area contributed by atoms with Gasteiger partial charge in [0, 0.05) is 11.8 Å². The minimum atomic E-state index is 0.0196. The van der Waals surface area contributed by atoms with Gasteiger partial charge in [0.25, 0.3) is 0 Å². The molecule has 0 spiro atoms. The fourth-order valence-electron chi connectivity index (χ4n) is 1.39. The van der Waals surface area contributed by atoms with E-state index >= 15 is 0 Å². The highest BCUT2D eigenvalue weighted by molar-refractivity contribution is 4.54. The van der Waals surface area contributed by atoms with E-state index in [1.807, 2.05) is 13.8 Å². The molecule has 0 atom stereocenters. The molecule has 0 radical (unpaired) electrons. The first-order valence-corrected chi connectivity index (χ1v) is 6.04. The van der Waals surface area contributed by atoms with E-state index in [1.165, 1.54) is 0 Å². The van der Waals surface area contributed by atoms with Gasteiger partial charge in [-0.3, -0.25) is 0 Å². The predicted molar refractivity (Wildman–Crippen MR) is 61.1 cm³/mol. The minimum absolute atomic E-state index is 0.0196. The second-order valence-corrected chi connectivity index (χ2v) is 4.68. The lowest BCUT2D eigenvalue weighted by Crippen LogP contribution is -2.27. The van der Waals surface area contributed by atoms with Gasteiger partial charge in [-0.1, -0.05) is 13.8 Å². The van der Waals surface area contributed by atoms with Gasteiger partial charge in [-0.25, -0.2) is 0 Å². The molecule has 16 heavy (non-hydrogen) atoms. The van der Waals surface area contributed by atoms with Gasteiger partial charge < -0.3 is 18.9 Å². The van der Waals surface area contributed by atoms with E-state index < -0.39 is 0 Å². The van der Waals surface area contributed by atoms with Crippen molar-refractivity contribution in [1.29, 1.82) is 0 Å². The van der Waals surface area contributed by atoms with Crippen molar-refractivity contribution in [2.45, 2.75) is 40.3 Å². The average Bonchev–Trinajstić information content (AvgIpc) is 2.28. The highest BCUT2D eigenvalue weighted by Gasteiger charge is 2.14. The molecule has 2 saturated heterocycles. The van der Waals surface area contributed by atoms with Crippen LogP contribution in [0.3, 0.4) is 0 Å². The van der Waals surface area contributed by atoms with E-state index in [0.29, 0.717) is 11.8 Å². The zero-order valence-corrected chi connectivity index (χ0v) is 10.8. The molecule has 0 aromatic heterocycles. The Labute approximate surface area is 98.2 Å². The van der Waals surface area contributed by atoms with Crippen LogP contribution in [-0.2, 0) is 18.9 Å². The maximum absolute atomic E-state index is 5.17. The molecule has 0 aliphatic carbocycles. The molecule has 0 bridgehead atoms. The lowest BCUT2D eigenvalue weighted by molar-refractivity contribution is -0.187. The first-order valence-electron chi connectivity index (χ1n) is 6.04. The van der Waals surface area contributed by atoms with E-state index in [2.05, 4.69) is 13.8 Å². The molecule has 96 valence electrons. The van der Waals surface area contributed by atoms with Gasteiger partial charge in [-0.2, -0.15) is 0 Å². The standard InChI is InChI=1S/2C6H12O2/c2*1-5-3-7-6(2)8-4-5/h2*5-6H,3-4H2,1-2H3. The predicted octanol–water partition coefficient (Wildman–Crippen LogP) is 2.03. The molecular formula is C12H24O4. The second-order valence-electron chi connectivity index (χ2n) is 4.68. The van der Waals surface area contributed by atoms with Crippen molar-refractivity contribution in [3.8, 4) is 0 Å². The summed E-state index contributed by atoms with van der Waals surface area (Å²) < 4.78 is 20.7. The molecule has 0 N–H and O–H groups in total. The van der Waals surface area contributed by atoms with E-state index in [4.69, 9.17) is 18.9 Å².